The number of aliphatic hydroxyl groups is 1. The van der Waals surface area contributed by atoms with Crippen LogP contribution < -0.4 is 4.74 Å². The summed E-state index contributed by atoms with van der Waals surface area (Å²) in [5.74, 6) is 0.868. The summed E-state index contributed by atoms with van der Waals surface area (Å²) in [5, 5.41) is 10.5. The Morgan fingerprint density at radius 1 is 1.24 bits per heavy atom. The van der Waals surface area contributed by atoms with Gasteiger partial charge in [-0.05, 0) is 54.2 Å². The fourth-order valence-electron chi connectivity index (χ4n) is 3.05. The summed E-state index contributed by atoms with van der Waals surface area (Å²) in [5.41, 5.74) is 1.49. The molecule has 0 radical (unpaired) electrons. The zero-order valence-electron chi connectivity index (χ0n) is 14.1. The zero-order valence-corrected chi connectivity index (χ0v) is 14.1. The maximum atomic E-state index is 10.5. The second kappa shape index (κ2) is 6.00. The first-order chi connectivity index (χ1) is 9.76. The first-order valence-electron chi connectivity index (χ1n) is 8.21. The molecular weight excluding hydrogens is 260 g/mol. The Morgan fingerprint density at radius 3 is 2.43 bits per heavy atom. The normalized spacial score (nSPS) is 25.6. The van der Waals surface area contributed by atoms with Crippen molar-refractivity contribution in [2.45, 2.75) is 77.9 Å². The van der Waals surface area contributed by atoms with E-state index in [1.54, 1.807) is 0 Å². The minimum absolute atomic E-state index is 0.0486. The molecule has 0 bridgehead atoms. The van der Waals surface area contributed by atoms with Crippen molar-refractivity contribution >= 4 is 0 Å². The van der Waals surface area contributed by atoms with Gasteiger partial charge in [0.1, 0.15) is 11.9 Å². The van der Waals surface area contributed by atoms with E-state index in [1.165, 1.54) is 5.56 Å². The van der Waals surface area contributed by atoms with Gasteiger partial charge in [-0.3, -0.25) is 0 Å². The van der Waals surface area contributed by atoms with E-state index in [4.69, 9.17) is 4.74 Å². The van der Waals surface area contributed by atoms with Crippen molar-refractivity contribution in [3.63, 3.8) is 0 Å². The SMILES string of the molecule is CCC(C)(C)c1ccc(OC2CCCC(C)(C)C2O)cc1. The minimum Gasteiger partial charge on any atom is -0.488 e. The van der Waals surface area contributed by atoms with E-state index in [1.807, 2.05) is 12.1 Å². The van der Waals surface area contributed by atoms with Gasteiger partial charge in [-0.2, -0.15) is 0 Å². The maximum Gasteiger partial charge on any atom is 0.125 e. The lowest BCUT2D eigenvalue weighted by molar-refractivity contribution is -0.0689. The minimum atomic E-state index is -0.391. The Bertz CT molecular complexity index is 459. The van der Waals surface area contributed by atoms with Crippen LogP contribution >= 0.6 is 0 Å². The summed E-state index contributed by atoms with van der Waals surface area (Å²) < 4.78 is 6.05. The Labute approximate surface area is 129 Å². The molecule has 0 amide bonds. The molecule has 2 atom stereocenters. The van der Waals surface area contributed by atoms with Crippen molar-refractivity contribution in [1.29, 1.82) is 0 Å². The van der Waals surface area contributed by atoms with E-state index in [2.05, 4.69) is 46.8 Å². The predicted molar refractivity (Wildman–Crippen MR) is 87.8 cm³/mol. The molecule has 0 aromatic heterocycles. The number of hydrogen-bond donors (Lipinski definition) is 1. The molecular formula is C19H30O2. The third kappa shape index (κ3) is 3.60. The van der Waals surface area contributed by atoms with Gasteiger partial charge in [0.2, 0.25) is 0 Å². The summed E-state index contributed by atoms with van der Waals surface area (Å²) in [7, 11) is 0. The fourth-order valence-corrected chi connectivity index (χ4v) is 3.05. The lowest BCUT2D eigenvalue weighted by Gasteiger charge is -2.40. The summed E-state index contributed by atoms with van der Waals surface area (Å²) in [6.45, 7) is 11.0. The largest absolute Gasteiger partial charge is 0.488 e. The molecule has 1 aromatic rings. The molecule has 1 aliphatic rings. The van der Waals surface area contributed by atoms with Crippen LogP contribution in [-0.4, -0.2) is 17.3 Å². The van der Waals surface area contributed by atoms with Gasteiger partial charge in [-0.1, -0.05) is 46.8 Å². The third-order valence-corrected chi connectivity index (χ3v) is 5.27. The smallest absolute Gasteiger partial charge is 0.125 e. The Kier molecular flexibility index (Phi) is 4.67. The van der Waals surface area contributed by atoms with Gasteiger partial charge in [0.15, 0.2) is 0 Å². The number of hydrogen-bond acceptors (Lipinski definition) is 2. The quantitative estimate of drug-likeness (QED) is 0.871. The van der Waals surface area contributed by atoms with Crippen LogP contribution in [-0.2, 0) is 5.41 Å². The van der Waals surface area contributed by atoms with E-state index >= 15 is 0 Å². The van der Waals surface area contributed by atoms with Gasteiger partial charge in [-0.25, -0.2) is 0 Å². The number of ether oxygens (including phenoxy) is 1. The number of aliphatic hydroxyl groups excluding tert-OH is 1. The average Bonchev–Trinajstić information content (AvgIpc) is 2.44. The molecule has 1 N–H and O–H groups in total. The summed E-state index contributed by atoms with van der Waals surface area (Å²) in [4.78, 5) is 0. The standard InChI is InChI=1S/C19H30O2/c1-6-18(2,3)14-9-11-15(12-10-14)21-16-8-7-13-19(4,5)17(16)20/h9-12,16-17,20H,6-8,13H2,1-5H3. The van der Waals surface area contributed by atoms with Crippen molar-refractivity contribution in [3.8, 4) is 5.75 Å². The number of benzene rings is 1. The van der Waals surface area contributed by atoms with Crippen LogP contribution in [0.4, 0.5) is 0 Å². The zero-order chi connectivity index (χ0) is 15.7. The summed E-state index contributed by atoms with van der Waals surface area (Å²) >= 11 is 0. The van der Waals surface area contributed by atoms with E-state index in [9.17, 15) is 5.11 Å². The Morgan fingerprint density at radius 2 is 1.86 bits per heavy atom. The lowest BCUT2D eigenvalue weighted by atomic mass is 9.73. The molecule has 1 aromatic carbocycles. The van der Waals surface area contributed by atoms with Crippen LogP contribution in [0.1, 0.15) is 65.9 Å². The van der Waals surface area contributed by atoms with Gasteiger partial charge in [0, 0.05) is 0 Å². The van der Waals surface area contributed by atoms with Crippen LogP contribution in [0.5, 0.6) is 5.75 Å². The number of rotatable bonds is 4. The van der Waals surface area contributed by atoms with E-state index in [0.717, 1.165) is 31.4 Å². The highest BCUT2D eigenvalue weighted by Gasteiger charge is 2.39. The molecule has 1 saturated carbocycles. The van der Waals surface area contributed by atoms with E-state index in [0.29, 0.717) is 0 Å². The highest BCUT2D eigenvalue weighted by Crippen LogP contribution is 2.37. The molecule has 21 heavy (non-hydrogen) atoms. The molecule has 2 heteroatoms. The molecule has 0 heterocycles. The van der Waals surface area contributed by atoms with Crippen molar-refractivity contribution in [1.82, 2.24) is 0 Å². The summed E-state index contributed by atoms with van der Waals surface area (Å²) in [6.07, 6.45) is 3.76. The Hall–Kier alpha value is -1.02. The summed E-state index contributed by atoms with van der Waals surface area (Å²) in [6, 6.07) is 8.39. The van der Waals surface area contributed by atoms with E-state index in [-0.39, 0.29) is 16.9 Å². The maximum absolute atomic E-state index is 10.5. The monoisotopic (exact) mass is 290 g/mol. The second-order valence-electron chi connectivity index (χ2n) is 7.74. The van der Waals surface area contributed by atoms with Crippen molar-refractivity contribution in [2.75, 3.05) is 0 Å². The topological polar surface area (TPSA) is 29.5 Å². The molecule has 1 fully saturated rings. The van der Waals surface area contributed by atoms with Gasteiger partial charge in [0.05, 0.1) is 6.10 Å². The first-order valence-corrected chi connectivity index (χ1v) is 8.21. The van der Waals surface area contributed by atoms with Gasteiger partial charge >= 0.3 is 0 Å². The van der Waals surface area contributed by atoms with Crippen LogP contribution in [0, 0.1) is 5.41 Å². The van der Waals surface area contributed by atoms with Crippen molar-refractivity contribution in [3.05, 3.63) is 29.8 Å². The molecule has 2 rings (SSSR count). The highest BCUT2D eigenvalue weighted by molar-refractivity contribution is 5.31. The van der Waals surface area contributed by atoms with Crippen LogP contribution in [0.25, 0.3) is 0 Å². The van der Waals surface area contributed by atoms with Crippen LogP contribution in [0.3, 0.4) is 0 Å². The van der Waals surface area contributed by atoms with Crippen LogP contribution in [0.15, 0.2) is 24.3 Å². The fraction of sp³-hybridized carbons (Fsp3) is 0.684. The molecule has 2 nitrogen and oxygen atoms in total. The molecule has 0 saturated heterocycles. The van der Waals surface area contributed by atoms with Gasteiger partial charge in [-0.15, -0.1) is 0 Å². The first kappa shape index (κ1) is 16.4. The van der Waals surface area contributed by atoms with E-state index < -0.39 is 6.10 Å². The third-order valence-electron chi connectivity index (χ3n) is 5.27. The van der Waals surface area contributed by atoms with Crippen molar-refractivity contribution in [2.24, 2.45) is 5.41 Å². The molecule has 118 valence electrons. The Balaban J connectivity index is 2.07. The molecule has 2 unspecified atom stereocenters. The lowest BCUT2D eigenvalue weighted by Crippen LogP contribution is -2.46. The average molecular weight is 290 g/mol. The predicted octanol–water partition coefficient (Wildman–Crippen LogP) is 4.69. The van der Waals surface area contributed by atoms with Crippen molar-refractivity contribution < 1.29 is 9.84 Å². The van der Waals surface area contributed by atoms with Gasteiger partial charge < -0.3 is 9.84 Å². The highest BCUT2D eigenvalue weighted by atomic mass is 16.5. The second-order valence-corrected chi connectivity index (χ2v) is 7.74. The van der Waals surface area contributed by atoms with Gasteiger partial charge in [0.25, 0.3) is 0 Å². The molecule has 1 aliphatic carbocycles. The molecule has 0 spiro atoms. The molecule has 0 aliphatic heterocycles. The van der Waals surface area contributed by atoms with Crippen LogP contribution in [0.2, 0.25) is 0 Å².